The number of hydrogen-bond acceptors (Lipinski definition) is 3. The maximum absolute atomic E-state index is 12.2. The topological polar surface area (TPSA) is 57.6 Å². The number of nitrogens with zero attached hydrogens (tertiary/aromatic N) is 1. The predicted octanol–water partition coefficient (Wildman–Crippen LogP) is 1.32. The monoisotopic (exact) mass is 227 g/mol. The zero-order valence-corrected chi connectivity index (χ0v) is 10.5. The Bertz CT molecular complexity index is 300. The molecule has 0 atom stereocenters. The highest BCUT2D eigenvalue weighted by atomic mass is 16.3. The van der Waals surface area contributed by atoms with Gasteiger partial charge in [-0.15, -0.1) is 0 Å². The Hall–Kier alpha value is -0.900. The van der Waals surface area contributed by atoms with E-state index in [1.165, 1.54) is 4.90 Å². The molecule has 1 aliphatic heterocycles. The van der Waals surface area contributed by atoms with Crippen LogP contribution in [0.2, 0.25) is 0 Å². The van der Waals surface area contributed by atoms with Crippen LogP contribution in [0.3, 0.4) is 0 Å². The summed E-state index contributed by atoms with van der Waals surface area (Å²) in [5, 5.41) is 9.68. The average molecular weight is 227 g/mol. The molecule has 1 aliphatic rings. The standard InChI is InChI=1S/C12H21NO3/c1-5-12(6-2)7-9(14)13(10(12)15)8-11(3,4)16/h16H,5-8H2,1-4H3. The normalized spacial score (nSPS) is 20.7. The van der Waals surface area contributed by atoms with Gasteiger partial charge in [0.15, 0.2) is 0 Å². The van der Waals surface area contributed by atoms with Crippen LogP contribution in [-0.4, -0.2) is 34.0 Å². The lowest BCUT2D eigenvalue weighted by Gasteiger charge is -2.27. The number of likely N-dealkylation sites (tertiary alicyclic amines) is 1. The summed E-state index contributed by atoms with van der Waals surface area (Å²) in [6.45, 7) is 7.16. The number of carbonyl (C=O) groups is 2. The summed E-state index contributed by atoms with van der Waals surface area (Å²) in [5.41, 5.74) is -1.55. The zero-order valence-electron chi connectivity index (χ0n) is 10.5. The van der Waals surface area contributed by atoms with Crippen LogP contribution >= 0.6 is 0 Å². The summed E-state index contributed by atoms with van der Waals surface area (Å²) < 4.78 is 0. The van der Waals surface area contributed by atoms with Crippen LogP contribution in [0.1, 0.15) is 47.0 Å². The molecule has 1 N–H and O–H groups in total. The largest absolute Gasteiger partial charge is 0.389 e. The second kappa shape index (κ2) is 4.17. The van der Waals surface area contributed by atoms with Crippen molar-refractivity contribution in [3.8, 4) is 0 Å². The minimum Gasteiger partial charge on any atom is -0.389 e. The van der Waals surface area contributed by atoms with Gasteiger partial charge in [0, 0.05) is 6.42 Å². The molecule has 0 aromatic rings. The van der Waals surface area contributed by atoms with E-state index in [1.807, 2.05) is 13.8 Å². The van der Waals surface area contributed by atoms with Crippen LogP contribution in [0, 0.1) is 5.41 Å². The summed E-state index contributed by atoms with van der Waals surface area (Å²) in [6, 6.07) is 0. The van der Waals surface area contributed by atoms with E-state index in [0.717, 1.165) is 0 Å². The molecule has 0 aromatic heterocycles. The van der Waals surface area contributed by atoms with Gasteiger partial charge in [0.05, 0.1) is 17.6 Å². The molecular formula is C12H21NO3. The third-order valence-electron chi connectivity index (χ3n) is 3.39. The van der Waals surface area contributed by atoms with Crippen LogP contribution in [0.5, 0.6) is 0 Å². The third kappa shape index (κ3) is 2.26. The average Bonchev–Trinajstić information content (AvgIpc) is 2.41. The number of hydrogen-bond donors (Lipinski definition) is 1. The highest BCUT2D eigenvalue weighted by Crippen LogP contribution is 2.39. The number of carbonyl (C=O) groups excluding carboxylic acids is 2. The summed E-state index contributed by atoms with van der Waals surface area (Å²) in [6.07, 6.45) is 1.64. The minimum absolute atomic E-state index is 0.0897. The molecule has 0 radical (unpaired) electrons. The van der Waals surface area contributed by atoms with E-state index < -0.39 is 11.0 Å². The Balaban J connectivity index is 2.91. The van der Waals surface area contributed by atoms with Gasteiger partial charge >= 0.3 is 0 Å². The highest BCUT2D eigenvalue weighted by molar-refractivity contribution is 6.05. The summed E-state index contributed by atoms with van der Waals surface area (Å²) >= 11 is 0. The maximum Gasteiger partial charge on any atom is 0.235 e. The molecule has 1 rings (SSSR count). The molecule has 92 valence electrons. The molecule has 1 heterocycles. The molecule has 16 heavy (non-hydrogen) atoms. The van der Waals surface area contributed by atoms with Gasteiger partial charge in [-0.1, -0.05) is 13.8 Å². The molecule has 0 saturated carbocycles. The summed E-state index contributed by atoms with van der Waals surface area (Å²) in [7, 11) is 0. The van der Waals surface area contributed by atoms with Gasteiger partial charge in [-0.3, -0.25) is 14.5 Å². The van der Waals surface area contributed by atoms with E-state index in [1.54, 1.807) is 13.8 Å². The molecule has 4 heteroatoms. The number of imide groups is 1. The first-order chi connectivity index (χ1) is 7.25. The first-order valence-electron chi connectivity index (χ1n) is 5.83. The summed E-state index contributed by atoms with van der Waals surface area (Å²) in [5.74, 6) is -0.277. The second-order valence-corrected chi connectivity index (χ2v) is 5.26. The van der Waals surface area contributed by atoms with E-state index in [9.17, 15) is 14.7 Å². The fraction of sp³-hybridized carbons (Fsp3) is 0.833. The number of aliphatic hydroxyl groups is 1. The van der Waals surface area contributed by atoms with Crippen molar-refractivity contribution in [3.63, 3.8) is 0 Å². The highest BCUT2D eigenvalue weighted by Gasteiger charge is 2.49. The van der Waals surface area contributed by atoms with Crippen LogP contribution in [0.15, 0.2) is 0 Å². The van der Waals surface area contributed by atoms with E-state index in [-0.39, 0.29) is 24.8 Å². The van der Waals surface area contributed by atoms with E-state index >= 15 is 0 Å². The lowest BCUT2D eigenvalue weighted by atomic mass is 9.81. The molecular weight excluding hydrogens is 206 g/mol. The fourth-order valence-electron chi connectivity index (χ4n) is 2.21. The van der Waals surface area contributed by atoms with E-state index in [2.05, 4.69) is 0 Å². The minimum atomic E-state index is -1.02. The van der Waals surface area contributed by atoms with Crippen LogP contribution in [0.25, 0.3) is 0 Å². The Labute approximate surface area is 96.6 Å². The van der Waals surface area contributed by atoms with Gasteiger partial charge in [0.2, 0.25) is 11.8 Å². The third-order valence-corrected chi connectivity index (χ3v) is 3.39. The first-order valence-corrected chi connectivity index (χ1v) is 5.83. The predicted molar refractivity (Wildman–Crippen MR) is 60.6 cm³/mol. The smallest absolute Gasteiger partial charge is 0.235 e. The molecule has 0 spiro atoms. The number of β-amino-alcohol motifs (C(OH)–C–C–N with tert-alkyl or cyclic N) is 1. The van der Waals surface area contributed by atoms with Crippen molar-refractivity contribution in [1.82, 2.24) is 4.90 Å². The molecule has 1 fully saturated rings. The SMILES string of the molecule is CCC1(CC)CC(=O)N(CC(C)(C)O)C1=O. The van der Waals surface area contributed by atoms with Gasteiger partial charge in [0.1, 0.15) is 0 Å². The van der Waals surface area contributed by atoms with Crippen molar-refractivity contribution in [2.45, 2.75) is 52.6 Å². The van der Waals surface area contributed by atoms with E-state index in [4.69, 9.17) is 0 Å². The Morgan fingerprint density at radius 1 is 1.31 bits per heavy atom. The van der Waals surface area contributed by atoms with Gasteiger partial charge in [-0.05, 0) is 26.7 Å². The van der Waals surface area contributed by atoms with Crippen molar-refractivity contribution in [2.75, 3.05) is 6.54 Å². The molecule has 0 bridgehead atoms. The maximum atomic E-state index is 12.2. The van der Waals surface area contributed by atoms with Gasteiger partial charge < -0.3 is 5.11 Å². The van der Waals surface area contributed by atoms with Gasteiger partial charge in [-0.25, -0.2) is 0 Å². The Morgan fingerprint density at radius 2 is 1.81 bits per heavy atom. The van der Waals surface area contributed by atoms with Crippen molar-refractivity contribution in [1.29, 1.82) is 0 Å². The van der Waals surface area contributed by atoms with Gasteiger partial charge in [-0.2, -0.15) is 0 Å². The van der Waals surface area contributed by atoms with Crippen molar-refractivity contribution >= 4 is 11.8 Å². The fourth-order valence-corrected chi connectivity index (χ4v) is 2.21. The van der Waals surface area contributed by atoms with Crippen molar-refractivity contribution in [2.24, 2.45) is 5.41 Å². The number of amides is 2. The van der Waals surface area contributed by atoms with Gasteiger partial charge in [0.25, 0.3) is 0 Å². The van der Waals surface area contributed by atoms with Crippen molar-refractivity contribution in [3.05, 3.63) is 0 Å². The molecule has 4 nitrogen and oxygen atoms in total. The zero-order chi connectivity index (χ0) is 12.6. The van der Waals surface area contributed by atoms with Crippen LogP contribution in [-0.2, 0) is 9.59 Å². The van der Waals surface area contributed by atoms with Crippen LogP contribution < -0.4 is 0 Å². The molecule has 0 aliphatic carbocycles. The lowest BCUT2D eigenvalue weighted by Crippen LogP contribution is -2.43. The quantitative estimate of drug-likeness (QED) is 0.737. The van der Waals surface area contributed by atoms with Crippen LogP contribution in [0.4, 0.5) is 0 Å². The van der Waals surface area contributed by atoms with Crippen molar-refractivity contribution < 1.29 is 14.7 Å². The molecule has 0 unspecified atom stereocenters. The summed E-state index contributed by atoms with van der Waals surface area (Å²) in [4.78, 5) is 25.2. The molecule has 0 aromatic carbocycles. The Morgan fingerprint density at radius 3 is 2.12 bits per heavy atom. The Kier molecular flexibility index (Phi) is 3.43. The second-order valence-electron chi connectivity index (χ2n) is 5.26. The number of rotatable bonds is 4. The first kappa shape index (κ1) is 13.2. The lowest BCUT2D eigenvalue weighted by molar-refractivity contribution is -0.144. The molecule has 1 saturated heterocycles. The van der Waals surface area contributed by atoms with E-state index in [0.29, 0.717) is 12.8 Å². The molecule has 2 amide bonds.